The Bertz CT molecular complexity index is 1530. The zero-order chi connectivity index (χ0) is 30.7. The van der Waals surface area contributed by atoms with Crippen molar-refractivity contribution in [3.05, 3.63) is 45.1 Å². The molecule has 0 radical (unpaired) electrons. The molecule has 3 saturated heterocycles. The number of nitrogens with zero attached hydrogens (tertiary/aromatic N) is 3. The molecule has 0 unspecified atom stereocenters. The Morgan fingerprint density at radius 1 is 1.20 bits per heavy atom. The van der Waals surface area contributed by atoms with Crippen LogP contribution in [0.3, 0.4) is 0 Å². The monoisotopic (exact) mass is 631 g/mol. The second-order valence-electron chi connectivity index (χ2n) is 12.4. The topological polar surface area (TPSA) is 113 Å². The lowest BCUT2D eigenvalue weighted by atomic mass is 9.95. The number of rotatable bonds is 11. The van der Waals surface area contributed by atoms with Crippen molar-refractivity contribution in [1.82, 2.24) is 25.2 Å². The van der Waals surface area contributed by atoms with Gasteiger partial charge >= 0.3 is 0 Å². The number of aromatic amines is 1. The van der Waals surface area contributed by atoms with E-state index in [0.29, 0.717) is 42.1 Å². The lowest BCUT2D eigenvalue weighted by Gasteiger charge is -2.30. The molecule has 6 rings (SSSR count). The Balaban J connectivity index is 1.18. The number of pyridine rings is 1. The third-order valence-electron chi connectivity index (χ3n) is 9.27. The highest BCUT2D eigenvalue weighted by molar-refractivity contribution is 6.32. The van der Waals surface area contributed by atoms with Gasteiger partial charge in [-0.05, 0) is 82.2 Å². The molecule has 3 N–H and O–H groups in total. The first-order chi connectivity index (χ1) is 21.3. The molecule has 2 aromatic heterocycles. The number of fused-ring (bicyclic) bond motifs is 2. The highest BCUT2D eigenvalue weighted by Crippen LogP contribution is 2.40. The molecule has 1 aromatic carbocycles. The zero-order valence-electron chi connectivity index (χ0n) is 24.8. The minimum atomic E-state index is -0.922. The molecule has 0 bridgehead atoms. The van der Waals surface area contributed by atoms with Gasteiger partial charge in [-0.15, -0.1) is 0 Å². The number of ether oxygens (including phenoxy) is 2. The van der Waals surface area contributed by atoms with Gasteiger partial charge in [0.05, 0.1) is 17.0 Å². The number of benzene rings is 1. The van der Waals surface area contributed by atoms with Crippen LogP contribution in [0.2, 0.25) is 5.02 Å². The van der Waals surface area contributed by atoms with E-state index in [1.807, 2.05) is 0 Å². The van der Waals surface area contributed by atoms with Crippen molar-refractivity contribution < 1.29 is 23.4 Å². The normalized spacial score (nSPS) is 24.1. The molecule has 0 saturated carbocycles. The van der Waals surface area contributed by atoms with Gasteiger partial charge in [0.1, 0.15) is 29.7 Å². The van der Waals surface area contributed by atoms with Crippen molar-refractivity contribution in [3.8, 4) is 23.0 Å². The number of phenols is 1. The van der Waals surface area contributed by atoms with Crippen LogP contribution >= 0.6 is 11.6 Å². The van der Waals surface area contributed by atoms with E-state index in [1.165, 1.54) is 31.2 Å². The van der Waals surface area contributed by atoms with Crippen LogP contribution in [0.15, 0.2) is 23.1 Å². The molecule has 0 amide bonds. The summed E-state index contributed by atoms with van der Waals surface area (Å²) < 4.78 is 42.2. The highest BCUT2D eigenvalue weighted by atomic mass is 35.5. The summed E-state index contributed by atoms with van der Waals surface area (Å²) in [5, 5.41) is 14.0. The van der Waals surface area contributed by atoms with Crippen molar-refractivity contribution in [2.75, 3.05) is 39.4 Å². The molecule has 5 heterocycles. The predicted molar refractivity (Wildman–Crippen MR) is 165 cm³/mol. The van der Waals surface area contributed by atoms with Crippen LogP contribution in [-0.4, -0.2) is 82.2 Å². The van der Waals surface area contributed by atoms with Gasteiger partial charge in [0.15, 0.2) is 5.82 Å². The van der Waals surface area contributed by atoms with E-state index in [9.17, 15) is 14.3 Å². The maximum Gasteiger partial charge on any atom is 0.297 e. The minimum absolute atomic E-state index is 0.0272. The number of nitrogens with one attached hydrogen (secondary N) is 2. The van der Waals surface area contributed by atoms with Crippen LogP contribution in [0, 0.1) is 5.82 Å². The number of aromatic hydroxyl groups is 1. The minimum Gasteiger partial charge on any atom is -0.508 e. The van der Waals surface area contributed by atoms with Gasteiger partial charge in [0, 0.05) is 42.9 Å². The fraction of sp³-hybridized carbons (Fsp3) is 0.594. The summed E-state index contributed by atoms with van der Waals surface area (Å²) in [7, 11) is 0. The van der Waals surface area contributed by atoms with Crippen LogP contribution in [0.1, 0.15) is 63.4 Å². The number of aromatic nitrogens is 3. The molecule has 3 fully saturated rings. The zero-order valence-corrected chi connectivity index (χ0v) is 25.6. The predicted octanol–water partition coefficient (Wildman–Crippen LogP) is 5.31. The summed E-state index contributed by atoms with van der Waals surface area (Å²) in [6.45, 7) is 3.94. The van der Waals surface area contributed by atoms with Gasteiger partial charge in [0.2, 0.25) is 0 Å². The first kappa shape index (κ1) is 31.1. The summed E-state index contributed by atoms with van der Waals surface area (Å²) in [6, 6.07) is 2.75. The van der Waals surface area contributed by atoms with Gasteiger partial charge in [-0.3, -0.25) is 19.7 Å². The SMILES string of the molecule is O=c1[nH]c(OC[C@@]23CCCN2C[C@H](F)C3)nc2c(F)c(-c3cc(O)cc(Cl)c3CCCCCO[C@@H]3CCCCNC3)ncc12. The first-order valence-corrected chi connectivity index (χ1v) is 16.2. The average Bonchev–Trinajstić information content (AvgIpc) is 3.38. The quantitative estimate of drug-likeness (QED) is 0.244. The van der Waals surface area contributed by atoms with Crippen LogP contribution in [-0.2, 0) is 11.2 Å². The fourth-order valence-corrected chi connectivity index (χ4v) is 7.31. The smallest absolute Gasteiger partial charge is 0.297 e. The molecule has 0 spiro atoms. The summed E-state index contributed by atoms with van der Waals surface area (Å²) in [4.78, 5) is 26.1. The van der Waals surface area contributed by atoms with Crippen molar-refractivity contribution in [3.63, 3.8) is 0 Å². The van der Waals surface area contributed by atoms with E-state index in [4.69, 9.17) is 21.1 Å². The summed E-state index contributed by atoms with van der Waals surface area (Å²) in [5.41, 5.74) is -0.279. The van der Waals surface area contributed by atoms with Gasteiger partial charge < -0.3 is 19.9 Å². The molecule has 9 nitrogen and oxygen atoms in total. The van der Waals surface area contributed by atoms with E-state index in [2.05, 4.69) is 25.2 Å². The number of unbranched alkanes of at least 4 members (excludes halogenated alkanes) is 2. The maximum atomic E-state index is 16.1. The van der Waals surface area contributed by atoms with Crippen LogP contribution in [0.25, 0.3) is 22.2 Å². The third kappa shape index (κ3) is 6.71. The molecule has 3 aliphatic heterocycles. The van der Waals surface area contributed by atoms with E-state index in [0.717, 1.165) is 58.2 Å². The Kier molecular flexibility index (Phi) is 9.65. The van der Waals surface area contributed by atoms with Gasteiger partial charge in [-0.25, -0.2) is 8.78 Å². The second kappa shape index (κ2) is 13.6. The molecule has 12 heteroatoms. The number of hydrogen-bond acceptors (Lipinski definition) is 8. The first-order valence-electron chi connectivity index (χ1n) is 15.8. The van der Waals surface area contributed by atoms with Gasteiger partial charge in [-0.1, -0.05) is 18.0 Å². The Labute approximate surface area is 260 Å². The molecule has 3 aliphatic rings. The lowest BCUT2D eigenvalue weighted by Crippen LogP contribution is -2.43. The Morgan fingerprint density at radius 3 is 2.98 bits per heavy atom. The van der Waals surface area contributed by atoms with E-state index >= 15 is 4.39 Å². The van der Waals surface area contributed by atoms with Crippen molar-refractivity contribution in [1.29, 1.82) is 0 Å². The van der Waals surface area contributed by atoms with Crippen LogP contribution in [0.5, 0.6) is 11.8 Å². The summed E-state index contributed by atoms with van der Waals surface area (Å²) in [6.07, 6.45) is 9.26. The maximum absolute atomic E-state index is 16.1. The number of alkyl halides is 1. The van der Waals surface area contributed by atoms with Crippen LogP contribution < -0.4 is 15.6 Å². The number of hydrogen-bond donors (Lipinski definition) is 3. The van der Waals surface area contributed by atoms with E-state index in [-0.39, 0.29) is 41.1 Å². The third-order valence-corrected chi connectivity index (χ3v) is 9.61. The van der Waals surface area contributed by atoms with Gasteiger partial charge in [-0.2, -0.15) is 4.98 Å². The molecule has 3 aromatic rings. The molecule has 44 heavy (non-hydrogen) atoms. The number of H-pyrrole nitrogens is 1. The molecule has 3 atom stereocenters. The van der Waals surface area contributed by atoms with Crippen LogP contribution in [0.4, 0.5) is 8.78 Å². The fourth-order valence-electron chi connectivity index (χ4n) is 7.00. The number of phenolic OH excluding ortho intramolecular Hbond substituents is 1. The summed E-state index contributed by atoms with van der Waals surface area (Å²) in [5.74, 6) is -0.927. The molecule has 0 aliphatic carbocycles. The molecular formula is C32H40ClF2N5O4. The standard InChI is InChI=1S/C32H40ClF2N5O4/c33-26-14-21(41)13-24(23(26)8-2-1-5-12-43-22-7-3-4-10-36-16-22)28-27(35)29-25(17-37-28)30(42)39-31(38-29)44-19-32-9-6-11-40(32)18-20(34)15-32/h13-14,17,20,22,36,41H,1-12,15-16,18-19H2,(H,38,39,42)/t20-,22-,32+/m1/s1. The molecular weight excluding hydrogens is 592 g/mol. The number of halogens is 3. The van der Waals surface area contributed by atoms with Gasteiger partial charge in [0.25, 0.3) is 11.6 Å². The Hall–Kier alpha value is -2.86. The van der Waals surface area contributed by atoms with Crippen molar-refractivity contribution in [2.45, 2.75) is 82.0 Å². The molecule has 238 valence electrons. The van der Waals surface area contributed by atoms with E-state index in [1.54, 1.807) is 0 Å². The second-order valence-corrected chi connectivity index (χ2v) is 12.8. The van der Waals surface area contributed by atoms with Crippen molar-refractivity contribution >= 4 is 22.5 Å². The largest absolute Gasteiger partial charge is 0.508 e. The average molecular weight is 632 g/mol. The van der Waals surface area contributed by atoms with E-state index < -0.39 is 23.1 Å². The highest BCUT2D eigenvalue weighted by Gasteiger charge is 2.49. The Morgan fingerprint density at radius 2 is 2.09 bits per heavy atom. The van der Waals surface area contributed by atoms with Crippen molar-refractivity contribution in [2.24, 2.45) is 0 Å². The summed E-state index contributed by atoms with van der Waals surface area (Å²) >= 11 is 6.56. The lowest BCUT2D eigenvalue weighted by molar-refractivity contribution is 0.0483.